The Morgan fingerprint density at radius 2 is 1.72 bits per heavy atom. The molecule has 6 nitrogen and oxygen atoms in total. The summed E-state index contributed by atoms with van der Waals surface area (Å²) in [5.74, 6) is -1.07. The standard InChI is InChI=1S/C23H24N2O4/c1-14-21(16(3)26)15(2)24-22(14)23(28)29-13-20(27)25-19-12-8-7-11-18(19)17-9-5-4-6-10-17/h4-12,16,24,26H,13H2,1-3H3,(H,25,27)/t16-/m0/s1. The van der Waals surface area contributed by atoms with Gasteiger partial charge in [-0.1, -0.05) is 48.5 Å². The molecule has 1 aromatic heterocycles. The van der Waals surface area contributed by atoms with E-state index in [2.05, 4.69) is 10.3 Å². The Kier molecular flexibility index (Phi) is 6.14. The summed E-state index contributed by atoms with van der Waals surface area (Å²) in [6, 6.07) is 17.1. The van der Waals surface area contributed by atoms with Crippen molar-refractivity contribution in [2.24, 2.45) is 0 Å². The predicted molar refractivity (Wildman–Crippen MR) is 112 cm³/mol. The molecule has 2 aromatic carbocycles. The summed E-state index contributed by atoms with van der Waals surface area (Å²) < 4.78 is 5.17. The second-order valence-electron chi connectivity index (χ2n) is 6.88. The van der Waals surface area contributed by atoms with Crippen molar-refractivity contribution in [2.45, 2.75) is 26.9 Å². The fourth-order valence-corrected chi connectivity index (χ4v) is 3.45. The van der Waals surface area contributed by atoms with Crippen molar-refractivity contribution in [3.05, 3.63) is 77.1 Å². The molecule has 0 fully saturated rings. The van der Waals surface area contributed by atoms with Crippen LogP contribution in [0, 0.1) is 13.8 Å². The van der Waals surface area contributed by atoms with Gasteiger partial charge in [-0.3, -0.25) is 4.79 Å². The quantitative estimate of drug-likeness (QED) is 0.550. The average Bonchev–Trinajstić information content (AvgIpc) is 3.01. The van der Waals surface area contributed by atoms with E-state index < -0.39 is 24.6 Å². The maximum Gasteiger partial charge on any atom is 0.355 e. The van der Waals surface area contributed by atoms with Crippen LogP contribution in [0.2, 0.25) is 0 Å². The fraction of sp³-hybridized carbons (Fsp3) is 0.217. The summed E-state index contributed by atoms with van der Waals surface area (Å²) in [4.78, 5) is 27.7. The summed E-state index contributed by atoms with van der Waals surface area (Å²) >= 11 is 0. The van der Waals surface area contributed by atoms with E-state index in [0.717, 1.165) is 11.1 Å². The molecule has 6 heteroatoms. The molecule has 3 N–H and O–H groups in total. The number of nitrogens with one attached hydrogen (secondary N) is 2. The summed E-state index contributed by atoms with van der Waals surface area (Å²) in [7, 11) is 0. The van der Waals surface area contributed by atoms with Crippen LogP contribution in [0.1, 0.15) is 40.3 Å². The minimum atomic E-state index is -0.703. The summed E-state index contributed by atoms with van der Waals surface area (Å²) in [6.45, 7) is 4.73. The van der Waals surface area contributed by atoms with Crippen molar-refractivity contribution in [1.29, 1.82) is 0 Å². The second kappa shape index (κ2) is 8.75. The fourth-order valence-electron chi connectivity index (χ4n) is 3.45. The van der Waals surface area contributed by atoms with Crippen molar-refractivity contribution >= 4 is 17.6 Å². The lowest BCUT2D eigenvalue weighted by molar-refractivity contribution is -0.119. The highest BCUT2D eigenvalue weighted by molar-refractivity contribution is 5.98. The number of benzene rings is 2. The van der Waals surface area contributed by atoms with Crippen LogP contribution in [-0.2, 0) is 9.53 Å². The molecule has 29 heavy (non-hydrogen) atoms. The first kappa shape index (κ1) is 20.4. The van der Waals surface area contributed by atoms with Gasteiger partial charge in [-0.25, -0.2) is 4.79 Å². The monoisotopic (exact) mass is 392 g/mol. The summed E-state index contributed by atoms with van der Waals surface area (Å²) in [6.07, 6.45) is -0.703. The number of para-hydroxylation sites is 1. The SMILES string of the molecule is Cc1[nH]c(C(=O)OCC(=O)Nc2ccccc2-c2ccccc2)c(C)c1[C@H](C)O. The van der Waals surface area contributed by atoms with Gasteiger partial charge in [0.15, 0.2) is 6.61 Å². The van der Waals surface area contributed by atoms with E-state index in [-0.39, 0.29) is 5.69 Å². The molecule has 0 saturated heterocycles. The number of amides is 1. The number of aryl methyl sites for hydroxylation is 1. The maximum atomic E-state index is 12.4. The molecule has 0 aliphatic rings. The minimum Gasteiger partial charge on any atom is -0.451 e. The highest BCUT2D eigenvalue weighted by Gasteiger charge is 2.21. The number of carbonyl (C=O) groups excluding carboxylic acids is 2. The predicted octanol–water partition coefficient (Wildman–Crippen LogP) is 4.15. The minimum absolute atomic E-state index is 0.246. The van der Waals surface area contributed by atoms with Gasteiger partial charge in [-0.05, 0) is 38.0 Å². The number of hydrogen-bond acceptors (Lipinski definition) is 4. The highest BCUT2D eigenvalue weighted by Crippen LogP contribution is 2.28. The number of ether oxygens (including phenoxy) is 1. The third-order valence-corrected chi connectivity index (χ3v) is 4.74. The van der Waals surface area contributed by atoms with Crippen LogP contribution >= 0.6 is 0 Å². The third-order valence-electron chi connectivity index (χ3n) is 4.74. The van der Waals surface area contributed by atoms with E-state index in [1.165, 1.54) is 0 Å². The molecule has 150 valence electrons. The molecule has 0 spiro atoms. The molecule has 0 aliphatic heterocycles. The number of hydrogen-bond donors (Lipinski definition) is 3. The molecule has 3 rings (SSSR count). The maximum absolute atomic E-state index is 12.4. The first-order valence-corrected chi connectivity index (χ1v) is 9.37. The van der Waals surface area contributed by atoms with Crippen LogP contribution in [0.25, 0.3) is 11.1 Å². The number of aliphatic hydroxyl groups is 1. The van der Waals surface area contributed by atoms with Gasteiger partial charge in [-0.15, -0.1) is 0 Å². The van der Waals surface area contributed by atoms with Crippen LogP contribution < -0.4 is 5.32 Å². The van der Waals surface area contributed by atoms with Crippen LogP contribution in [-0.4, -0.2) is 28.6 Å². The van der Waals surface area contributed by atoms with E-state index in [4.69, 9.17) is 4.74 Å². The van der Waals surface area contributed by atoms with Crippen molar-refractivity contribution in [3.8, 4) is 11.1 Å². The summed E-state index contributed by atoms with van der Waals surface area (Å²) in [5.41, 5.74) is 4.73. The average molecular weight is 392 g/mol. The molecular formula is C23H24N2O4. The molecule has 0 unspecified atom stereocenters. The number of aliphatic hydroxyl groups excluding tert-OH is 1. The van der Waals surface area contributed by atoms with Gasteiger partial charge in [0.05, 0.1) is 6.10 Å². The van der Waals surface area contributed by atoms with Gasteiger partial charge in [-0.2, -0.15) is 0 Å². The Morgan fingerprint density at radius 3 is 2.38 bits per heavy atom. The second-order valence-corrected chi connectivity index (χ2v) is 6.88. The van der Waals surface area contributed by atoms with Crippen molar-refractivity contribution in [1.82, 2.24) is 4.98 Å². The normalized spacial score (nSPS) is 11.7. The lowest BCUT2D eigenvalue weighted by atomic mass is 10.0. The molecule has 1 atom stereocenters. The lowest BCUT2D eigenvalue weighted by Gasteiger charge is -2.11. The number of aromatic nitrogens is 1. The first-order valence-electron chi connectivity index (χ1n) is 9.37. The van der Waals surface area contributed by atoms with Gasteiger partial charge in [0, 0.05) is 22.5 Å². The van der Waals surface area contributed by atoms with Crippen LogP contribution in [0.5, 0.6) is 0 Å². The smallest absolute Gasteiger partial charge is 0.355 e. The number of carbonyl (C=O) groups is 2. The number of rotatable bonds is 6. The molecule has 0 bridgehead atoms. The lowest BCUT2D eigenvalue weighted by Crippen LogP contribution is -2.21. The van der Waals surface area contributed by atoms with Crippen LogP contribution in [0.15, 0.2) is 54.6 Å². The zero-order valence-electron chi connectivity index (χ0n) is 16.7. The Balaban J connectivity index is 1.67. The molecule has 1 heterocycles. The first-order chi connectivity index (χ1) is 13.9. The molecule has 3 aromatic rings. The third kappa shape index (κ3) is 4.55. The number of aromatic amines is 1. The Labute approximate surface area is 169 Å². The van der Waals surface area contributed by atoms with Crippen molar-refractivity contribution < 1.29 is 19.4 Å². The molecule has 0 aliphatic carbocycles. The van der Waals surface area contributed by atoms with Gasteiger partial charge in [0.2, 0.25) is 0 Å². The molecular weight excluding hydrogens is 368 g/mol. The van der Waals surface area contributed by atoms with Gasteiger partial charge in [0.1, 0.15) is 5.69 Å². The largest absolute Gasteiger partial charge is 0.451 e. The van der Waals surface area contributed by atoms with E-state index in [1.54, 1.807) is 26.8 Å². The van der Waals surface area contributed by atoms with E-state index >= 15 is 0 Å². The molecule has 1 amide bonds. The Bertz CT molecular complexity index is 1020. The highest BCUT2D eigenvalue weighted by atomic mass is 16.5. The molecule has 0 saturated carbocycles. The topological polar surface area (TPSA) is 91.4 Å². The van der Waals surface area contributed by atoms with E-state index in [1.807, 2.05) is 48.5 Å². The number of anilines is 1. The van der Waals surface area contributed by atoms with Gasteiger partial charge in [0.25, 0.3) is 5.91 Å². The molecule has 0 radical (unpaired) electrons. The Morgan fingerprint density at radius 1 is 1.07 bits per heavy atom. The van der Waals surface area contributed by atoms with Crippen LogP contribution in [0.3, 0.4) is 0 Å². The van der Waals surface area contributed by atoms with E-state index in [9.17, 15) is 14.7 Å². The summed E-state index contributed by atoms with van der Waals surface area (Å²) in [5, 5.41) is 12.6. The van der Waals surface area contributed by atoms with Gasteiger partial charge >= 0.3 is 5.97 Å². The number of H-pyrrole nitrogens is 1. The number of esters is 1. The van der Waals surface area contributed by atoms with Crippen LogP contribution in [0.4, 0.5) is 5.69 Å². The Hall–Kier alpha value is -3.38. The van der Waals surface area contributed by atoms with E-state index in [0.29, 0.717) is 22.5 Å². The van der Waals surface area contributed by atoms with Crippen molar-refractivity contribution in [3.63, 3.8) is 0 Å². The zero-order valence-corrected chi connectivity index (χ0v) is 16.7. The zero-order chi connectivity index (χ0) is 21.0. The van der Waals surface area contributed by atoms with Gasteiger partial charge < -0.3 is 20.1 Å². The van der Waals surface area contributed by atoms with Crippen molar-refractivity contribution in [2.75, 3.05) is 11.9 Å².